The molecule has 0 aliphatic carbocycles. The Bertz CT molecular complexity index is 358. The lowest BCUT2D eigenvalue weighted by molar-refractivity contribution is 0.396. The predicted molar refractivity (Wildman–Crippen MR) is 73.5 cm³/mol. The molecule has 1 aromatic carbocycles. The Hall–Kier alpha value is -0.630. The average molecular weight is 235 g/mol. The van der Waals surface area contributed by atoms with Crippen molar-refractivity contribution in [3.8, 4) is 0 Å². The lowest BCUT2D eigenvalue weighted by Crippen LogP contribution is -2.48. The lowest BCUT2D eigenvalue weighted by atomic mass is 9.92. The van der Waals surface area contributed by atoms with Gasteiger partial charge >= 0.3 is 0 Å². The van der Waals surface area contributed by atoms with Gasteiger partial charge in [0.15, 0.2) is 0 Å². The number of thioether (sulfide) groups is 1. The fourth-order valence-electron chi connectivity index (χ4n) is 2.36. The lowest BCUT2D eigenvalue weighted by Gasteiger charge is -2.45. The van der Waals surface area contributed by atoms with Gasteiger partial charge < -0.3 is 4.90 Å². The first-order valence-electron chi connectivity index (χ1n) is 6.20. The Morgan fingerprint density at radius 3 is 2.62 bits per heavy atom. The zero-order chi connectivity index (χ0) is 11.6. The number of benzene rings is 1. The number of hydrogen-bond acceptors (Lipinski definition) is 2. The van der Waals surface area contributed by atoms with E-state index in [1.54, 1.807) is 0 Å². The van der Waals surface area contributed by atoms with Gasteiger partial charge in [0.1, 0.15) is 0 Å². The third kappa shape index (κ3) is 1.95. The molecule has 0 amide bonds. The van der Waals surface area contributed by atoms with Crippen LogP contribution in [0.4, 0.5) is 5.69 Å². The number of rotatable bonds is 3. The summed E-state index contributed by atoms with van der Waals surface area (Å²) in [5.74, 6) is 1.21. The summed E-state index contributed by atoms with van der Waals surface area (Å²) in [6.45, 7) is 8.17. The maximum absolute atomic E-state index is 2.61. The first-order chi connectivity index (χ1) is 7.71. The molecule has 2 rings (SSSR count). The highest BCUT2D eigenvalue weighted by atomic mass is 32.2. The first kappa shape index (κ1) is 11.8. The van der Waals surface area contributed by atoms with E-state index < -0.39 is 0 Å². The average Bonchev–Trinajstić information content (AvgIpc) is 2.37. The van der Waals surface area contributed by atoms with Gasteiger partial charge in [-0.25, -0.2) is 0 Å². The molecule has 0 unspecified atom stereocenters. The van der Waals surface area contributed by atoms with E-state index in [2.05, 4.69) is 49.9 Å². The van der Waals surface area contributed by atoms with Gasteiger partial charge in [-0.3, -0.25) is 0 Å². The molecular formula is C14H21NS. The van der Waals surface area contributed by atoms with E-state index in [4.69, 9.17) is 0 Å². The Morgan fingerprint density at radius 2 is 1.94 bits per heavy atom. The maximum atomic E-state index is 2.61. The topological polar surface area (TPSA) is 3.24 Å². The third-order valence-corrected chi connectivity index (χ3v) is 4.95. The van der Waals surface area contributed by atoms with Crippen molar-refractivity contribution >= 4 is 17.4 Å². The van der Waals surface area contributed by atoms with Crippen molar-refractivity contribution in [2.24, 2.45) is 0 Å². The summed E-state index contributed by atoms with van der Waals surface area (Å²) >= 11 is 1.99. The van der Waals surface area contributed by atoms with Crippen LogP contribution in [-0.2, 0) is 0 Å². The Morgan fingerprint density at radius 1 is 1.25 bits per heavy atom. The van der Waals surface area contributed by atoms with Gasteiger partial charge in [-0.2, -0.15) is 0 Å². The Kier molecular flexibility index (Phi) is 3.48. The molecule has 0 N–H and O–H groups in total. The van der Waals surface area contributed by atoms with Crippen molar-refractivity contribution in [3.63, 3.8) is 0 Å². The first-order valence-corrected chi connectivity index (χ1v) is 7.19. The molecule has 1 aliphatic heterocycles. The van der Waals surface area contributed by atoms with Crippen molar-refractivity contribution in [1.82, 2.24) is 0 Å². The quantitative estimate of drug-likeness (QED) is 0.773. The highest BCUT2D eigenvalue weighted by molar-refractivity contribution is 7.99. The summed E-state index contributed by atoms with van der Waals surface area (Å²) in [6, 6.07) is 8.82. The fraction of sp³-hybridized carbons (Fsp3) is 0.571. The molecule has 0 aromatic heterocycles. The highest BCUT2D eigenvalue weighted by Crippen LogP contribution is 2.39. The Balaban J connectivity index is 2.38. The minimum atomic E-state index is 0.317. The van der Waals surface area contributed by atoms with Crippen LogP contribution in [0, 0.1) is 0 Å². The highest BCUT2D eigenvalue weighted by Gasteiger charge is 2.31. The van der Waals surface area contributed by atoms with Gasteiger partial charge in [0.25, 0.3) is 0 Å². The summed E-state index contributed by atoms with van der Waals surface area (Å²) < 4.78 is 0. The van der Waals surface area contributed by atoms with E-state index in [1.807, 2.05) is 11.8 Å². The molecule has 0 spiro atoms. The van der Waals surface area contributed by atoms with Crippen molar-refractivity contribution in [2.45, 2.75) is 44.0 Å². The van der Waals surface area contributed by atoms with Crippen LogP contribution in [-0.4, -0.2) is 17.8 Å². The van der Waals surface area contributed by atoms with Crippen LogP contribution in [0.15, 0.2) is 29.2 Å². The molecule has 0 atom stereocenters. The van der Waals surface area contributed by atoms with Crippen LogP contribution >= 0.6 is 11.8 Å². The molecule has 1 aromatic rings. The predicted octanol–water partition coefficient (Wildman–Crippen LogP) is 4.18. The number of para-hydroxylation sites is 1. The van der Waals surface area contributed by atoms with Crippen LogP contribution in [0.5, 0.6) is 0 Å². The van der Waals surface area contributed by atoms with Crippen molar-refractivity contribution in [2.75, 3.05) is 17.2 Å². The van der Waals surface area contributed by atoms with Crippen molar-refractivity contribution in [1.29, 1.82) is 0 Å². The smallest absolute Gasteiger partial charge is 0.0509 e. The SMILES string of the molecule is CCC(C)(CC)N1CCSc2ccccc21. The summed E-state index contributed by atoms with van der Waals surface area (Å²) in [5.41, 5.74) is 1.75. The molecule has 1 aliphatic rings. The third-order valence-electron chi connectivity index (χ3n) is 3.90. The number of anilines is 1. The van der Waals surface area contributed by atoms with Gasteiger partial charge in [0.2, 0.25) is 0 Å². The minimum Gasteiger partial charge on any atom is -0.364 e. The van der Waals surface area contributed by atoms with E-state index in [-0.39, 0.29) is 0 Å². The summed E-state index contributed by atoms with van der Waals surface area (Å²) in [5, 5.41) is 0. The van der Waals surface area contributed by atoms with Crippen LogP contribution in [0.25, 0.3) is 0 Å². The van der Waals surface area contributed by atoms with Gasteiger partial charge in [0.05, 0.1) is 5.69 Å². The standard InChI is InChI=1S/C14H21NS/c1-4-14(3,5-2)15-10-11-16-13-9-7-6-8-12(13)15/h6-9H,4-5,10-11H2,1-3H3. The largest absolute Gasteiger partial charge is 0.364 e. The van der Waals surface area contributed by atoms with Gasteiger partial charge in [-0.15, -0.1) is 11.8 Å². The number of fused-ring (bicyclic) bond motifs is 1. The van der Waals surface area contributed by atoms with Gasteiger partial charge in [-0.05, 0) is 31.9 Å². The van der Waals surface area contributed by atoms with Crippen LogP contribution in [0.1, 0.15) is 33.6 Å². The molecule has 2 heteroatoms. The van der Waals surface area contributed by atoms with E-state index in [0.29, 0.717) is 5.54 Å². The molecule has 1 nitrogen and oxygen atoms in total. The van der Waals surface area contributed by atoms with E-state index in [9.17, 15) is 0 Å². The fourth-order valence-corrected chi connectivity index (χ4v) is 3.36. The molecule has 16 heavy (non-hydrogen) atoms. The number of hydrogen-bond donors (Lipinski definition) is 0. The molecule has 0 fully saturated rings. The summed E-state index contributed by atoms with van der Waals surface area (Å²) in [6.07, 6.45) is 2.42. The second-order valence-corrected chi connectivity index (χ2v) is 5.81. The van der Waals surface area contributed by atoms with Crippen LogP contribution in [0.3, 0.4) is 0 Å². The van der Waals surface area contributed by atoms with Crippen molar-refractivity contribution < 1.29 is 0 Å². The van der Waals surface area contributed by atoms with E-state index in [1.165, 1.54) is 35.7 Å². The van der Waals surface area contributed by atoms with Crippen LogP contribution in [0.2, 0.25) is 0 Å². The molecule has 1 heterocycles. The number of nitrogens with zero attached hydrogens (tertiary/aromatic N) is 1. The second kappa shape index (κ2) is 4.70. The Labute approximate surface area is 103 Å². The minimum absolute atomic E-state index is 0.317. The summed E-state index contributed by atoms with van der Waals surface area (Å²) in [4.78, 5) is 4.06. The normalized spacial score (nSPS) is 16.1. The summed E-state index contributed by atoms with van der Waals surface area (Å²) in [7, 11) is 0. The molecule has 0 saturated carbocycles. The molecule has 0 bridgehead atoms. The monoisotopic (exact) mass is 235 g/mol. The van der Waals surface area contributed by atoms with Crippen molar-refractivity contribution in [3.05, 3.63) is 24.3 Å². The second-order valence-electron chi connectivity index (χ2n) is 4.67. The van der Waals surface area contributed by atoms with Gasteiger partial charge in [-0.1, -0.05) is 26.0 Å². The zero-order valence-electron chi connectivity index (χ0n) is 10.5. The van der Waals surface area contributed by atoms with E-state index in [0.717, 1.165) is 0 Å². The molecule has 88 valence electrons. The van der Waals surface area contributed by atoms with E-state index >= 15 is 0 Å². The molecular weight excluding hydrogens is 214 g/mol. The maximum Gasteiger partial charge on any atom is 0.0509 e. The van der Waals surface area contributed by atoms with Gasteiger partial charge in [0, 0.05) is 22.7 Å². The zero-order valence-corrected chi connectivity index (χ0v) is 11.3. The molecule has 0 radical (unpaired) electrons. The van der Waals surface area contributed by atoms with Crippen LogP contribution < -0.4 is 4.90 Å². The molecule has 0 saturated heterocycles.